The lowest BCUT2D eigenvalue weighted by molar-refractivity contribution is 0.182. The number of methoxy groups -OCH3 is 2. The number of nitrogens with zero attached hydrogens (tertiary/aromatic N) is 3. The van der Waals surface area contributed by atoms with Crippen molar-refractivity contribution in [2.24, 2.45) is 0 Å². The van der Waals surface area contributed by atoms with Crippen LogP contribution in [0.5, 0.6) is 11.5 Å². The fraction of sp³-hybridized carbons (Fsp3) is 0.318. The summed E-state index contributed by atoms with van der Waals surface area (Å²) in [6.07, 6.45) is 1.81. The molecule has 0 bridgehead atoms. The van der Waals surface area contributed by atoms with E-state index in [2.05, 4.69) is 28.1 Å². The molecule has 4 rings (SSSR count). The standard InChI is InChI=1S/C22H25N3O4S/c1-28-20-9-8-19(15-21(20)29-2)30(26,27)25-13-11-24(12-14-25)16-18-6-3-5-17-7-4-10-23-22(17)18/h3-10,15H,11-14,16H2,1-2H3. The van der Waals surface area contributed by atoms with Gasteiger partial charge in [0.05, 0.1) is 24.6 Å². The molecule has 2 aromatic carbocycles. The molecule has 0 N–H and O–H groups in total. The Morgan fingerprint density at radius 3 is 2.40 bits per heavy atom. The van der Waals surface area contributed by atoms with Crippen molar-refractivity contribution >= 4 is 20.9 Å². The highest BCUT2D eigenvalue weighted by molar-refractivity contribution is 7.89. The number of hydrogen-bond donors (Lipinski definition) is 0. The highest BCUT2D eigenvalue weighted by Crippen LogP contribution is 2.31. The fourth-order valence-corrected chi connectivity index (χ4v) is 5.23. The first-order valence-electron chi connectivity index (χ1n) is 9.80. The third-order valence-corrected chi connectivity index (χ3v) is 7.33. The van der Waals surface area contributed by atoms with Gasteiger partial charge in [0, 0.05) is 50.4 Å². The van der Waals surface area contributed by atoms with Crippen LogP contribution in [0, 0.1) is 0 Å². The van der Waals surface area contributed by atoms with Crippen LogP contribution in [0.25, 0.3) is 10.9 Å². The van der Waals surface area contributed by atoms with Gasteiger partial charge in [0.25, 0.3) is 0 Å². The summed E-state index contributed by atoms with van der Waals surface area (Å²) in [6.45, 7) is 2.95. The van der Waals surface area contributed by atoms with Gasteiger partial charge in [-0.1, -0.05) is 24.3 Å². The zero-order chi connectivity index (χ0) is 21.1. The van der Waals surface area contributed by atoms with E-state index in [9.17, 15) is 8.42 Å². The number of aromatic nitrogens is 1. The number of sulfonamides is 1. The number of piperazine rings is 1. The Kier molecular flexibility index (Phi) is 5.90. The summed E-state index contributed by atoms with van der Waals surface area (Å²) >= 11 is 0. The minimum Gasteiger partial charge on any atom is -0.493 e. The Labute approximate surface area is 176 Å². The molecule has 158 valence electrons. The first-order chi connectivity index (χ1) is 14.5. The van der Waals surface area contributed by atoms with Crippen LogP contribution >= 0.6 is 0 Å². The Hall–Kier alpha value is -2.68. The third kappa shape index (κ3) is 3.98. The van der Waals surface area contributed by atoms with Crippen molar-refractivity contribution in [2.45, 2.75) is 11.4 Å². The highest BCUT2D eigenvalue weighted by Gasteiger charge is 2.29. The van der Waals surface area contributed by atoms with E-state index in [-0.39, 0.29) is 4.90 Å². The van der Waals surface area contributed by atoms with E-state index >= 15 is 0 Å². The molecule has 3 aromatic rings. The SMILES string of the molecule is COc1ccc(S(=O)(=O)N2CCN(Cc3cccc4cccnc34)CC2)cc1OC. The fourth-order valence-electron chi connectivity index (χ4n) is 3.79. The average Bonchev–Trinajstić information content (AvgIpc) is 2.79. The topological polar surface area (TPSA) is 72.0 Å². The molecule has 1 aliphatic rings. The summed E-state index contributed by atoms with van der Waals surface area (Å²) in [5, 5.41) is 1.12. The second-order valence-electron chi connectivity index (χ2n) is 7.19. The predicted octanol–water partition coefficient (Wildman–Crippen LogP) is 2.76. The third-order valence-electron chi connectivity index (χ3n) is 5.43. The van der Waals surface area contributed by atoms with Gasteiger partial charge in [0.1, 0.15) is 0 Å². The summed E-state index contributed by atoms with van der Waals surface area (Å²) in [4.78, 5) is 7.00. The molecule has 0 amide bonds. The smallest absolute Gasteiger partial charge is 0.243 e. The number of hydrogen-bond acceptors (Lipinski definition) is 6. The lowest BCUT2D eigenvalue weighted by Crippen LogP contribution is -2.48. The van der Waals surface area contributed by atoms with Gasteiger partial charge < -0.3 is 9.47 Å². The molecule has 0 radical (unpaired) electrons. The number of pyridine rings is 1. The largest absolute Gasteiger partial charge is 0.493 e. The van der Waals surface area contributed by atoms with Crippen LogP contribution in [-0.2, 0) is 16.6 Å². The summed E-state index contributed by atoms with van der Waals surface area (Å²) in [7, 11) is -0.572. The molecular weight excluding hydrogens is 402 g/mol. The van der Waals surface area contributed by atoms with Crippen molar-refractivity contribution in [1.82, 2.24) is 14.2 Å². The van der Waals surface area contributed by atoms with Gasteiger partial charge in [-0.15, -0.1) is 0 Å². The van der Waals surface area contributed by atoms with Crippen LogP contribution in [-0.4, -0.2) is 63.0 Å². The van der Waals surface area contributed by atoms with E-state index in [0.29, 0.717) is 37.7 Å². The molecule has 30 heavy (non-hydrogen) atoms. The first kappa shape index (κ1) is 20.6. The van der Waals surface area contributed by atoms with E-state index in [1.165, 1.54) is 24.6 Å². The molecule has 1 saturated heterocycles. The second kappa shape index (κ2) is 8.59. The van der Waals surface area contributed by atoms with Gasteiger partial charge in [-0.2, -0.15) is 4.31 Å². The maximum atomic E-state index is 13.1. The van der Waals surface area contributed by atoms with Gasteiger partial charge >= 0.3 is 0 Å². The number of rotatable bonds is 6. The number of ether oxygens (including phenoxy) is 2. The molecule has 0 atom stereocenters. The van der Waals surface area contributed by atoms with Gasteiger partial charge in [0.15, 0.2) is 11.5 Å². The quantitative estimate of drug-likeness (QED) is 0.602. The van der Waals surface area contributed by atoms with Gasteiger partial charge in [0.2, 0.25) is 10.0 Å². The van der Waals surface area contributed by atoms with Crippen molar-refractivity contribution < 1.29 is 17.9 Å². The van der Waals surface area contributed by atoms with Gasteiger partial charge in [-0.05, 0) is 23.8 Å². The number of fused-ring (bicyclic) bond motifs is 1. The maximum Gasteiger partial charge on any atom is 0.243 e. The monoisotopic (exact) mass is 427 g/mol. The maximum absolute atomic E-state index is 13.1. The lowest BCUT2D eigenvalue weighted by Gasteiger charge is -2.34. The van der Waals surface area contributed by atoms with Crippen LogP contribution in [0.4, 0.5) is 0 Å². The Morgan fingerprint density at radius 1 is 0.933 bits per heavy atom. The van der Waals surface area contributed by atoms with Crippen molar-refractivity contribution in [2.75, 3.05) is 40.4 Å². The lowest BCUT2D eigenvalue weighted by atomic mass is 10.1. The summed E-state index contributed by atoms with van der Waals surface area (Å²) in [6, 6.07) is 14.9. The molecule has 1 fully saturated rings. The second-order valence-corrected chi connectivity index (χ2v) is 9.13. The summed E-state index contributed by atoms with van der Waals surface area (Å²) < 4.78 is 38.2. The van der Waals surface area contributed by atoms with E-state index in [1.54, 1.807) is 18.3 Å². The van der Waals surface area contributed by atoms with E-state index in [1.807, 2.05) is 12.1 Å². The van der Waals surface area contributed by atoms with Crippen LogP contribution in [0.15, 0.2) is 59.6 Å². The molecule has 0 unspecified atom stereocenters. The van der Waals surface area contributed by atoms with Crippen molar-refractivity contribution in [1.29, 1.82) is 0 Å². The number of para-hydroxylation sites is 1. The molecule has 7 nitrogen and oxygen atoms in total. The van der Waals surface area contributed by atoms with E-state index < -0.39 is 10.0 Å². The zero-order valence-corrected chi connectivity index (χ0v) is 17.9. The molecular formula is C22H25N3O4S. The Morgan fingerprint density at radius 2 is 1.67 bits per heavy atom. The summed E-state index contributed by atoms with van der Waals surface area (Å²) in [5.74, 6) is 0.908. The minimum atomic E-state index is -3.59. The molecule has 1 aromatic heterocycles. The normalized spacial score (nSPS) is 15.9. The Balaban J connectivity index is 1.46. The predicted molar refractivity (Wildman–Crippen MR) is 115 cm³/mol. The van der Waals surface area contributed by atoms with Crippen LogP contribution in [0.2, 0.25) is 0 Å². The molecule has 1 aliphatic heterocycles. The van der Waals surface area contributed by atoms with Crippen LogP contribution in [0.1, 0.15) is 5.56 Å². The minimum absolute atomic E-state index is 0.215. The van der Waals surface area contributed by atoms with Crippen LogP contribution in [0.3, 0.4) is 0 Å². The first-order valence-corrected chi connectivity index (χ1v) is 11.2. The van der Waals surface area contributed by atoms with Crippen LogP contribution < -0.4 is 9.47 Å². The highest BCUT2D eigenvalue weighted by atomic mass is 32.2. The van der Waals surface area contributed by atoms with Crippen molar-refractivity contribution in [3.63, 3.8) is 0 Å². The Bertz CT molecular complexity index is 1140. The van der Waals surface area contributed by atoms with Gasteiger partial charge in [-0.25, -0.2) is 8.42 Å². The molecule has 0 aliphatic carbocycles. The summed E-state index contributed by atoms with van der Waals surface area (Å²) in [5.41, 5.74) is 2.16. The van der Waals surface area contributed by atoms with Gasteiger partial charge in [-0.3, -0.25) is 9.88 Å². The molecule has 0 spiro atoms. The molecule has 2 heterocycles. The van der Waals surface area contributed by atoms with Crippen molar-refractivity contribution in [3.05, 3.63) is 60.3 Å². The molecule has 8 heteroatoms. The van der Waals surface area contributed by atoms with Crippen molar-refractivity contribution in [3.8, 4) is 11.5 Å². The number of benzene rings is 2. The van der Waals surface area contributed by atoms with E-state index in [4.69, 9.17) is 9.47 Å². The van der Waals surface area contributed by atoms with E-state index in [0.717, 1.165) is 23.0 Å². The zero-order valence-electron chi connectivity index (χ0n) is 17.1. The molecule has 0 saturated carbocycles. The average molecular weight is 428 g/mol.